The van der Waals surface area contributed by atoms with Gasteiger partial charge in [-0.05, 0) is 39.0 Å². The van der Waals surface area contributed by atoms with Crippen molar-refractivity contribution in [2.45, 2.75) is 26.3 Å². The summed E-state index contributed by atoms with van der Waals surface area (Å²) in [6, 6.07) is 7.14. The highest BCUT2D eigenvalue weighted by molar-refractivity contribution is 5.95. The Morgan fingerprint density at radius 3 is 2.56 bits per heavy atom. The quantitative estimate of drug-likeness (QED) is 0.771. The van der Waals surface area contributed by atoms with Crippen molar-refractivity contribution in [2.24, 2.45) is 0 Å². The highest BCUT2D eigenvalue weighted by atomic mass is 16.6. The predicted octanol–water partition coefficient (Wildman–Crippen LogP) is 2.19. The standard InChI is InChI=1S/C12H18N2O2/c1-12(2,3)13-11(15)9-6-5-7-10(8-9)14-16-4/h5-8,14H,1-4H3,(H,13,15). The fraction of sp³-hybridized carbons (Fsp3) is 0.417. The topological polar surface area (TPSA) is 50.4 Å². The first-order valence-corrected chi connectivity index (χ1v) is 5.14. The maximum Gasteiger partial charge on any atom is 0.251 e. The summed E-state index contributed by atoms with van der Waals surface area (Å²) in [5, 5.41) is 2.90. The van der Waals surface area contributed by atoms with E-state index in [1.807, 2.05) is 26.8 Å². The summed E-state index contributed by atoms with van der Waals surface area (Å²) in [4.78, 5) is 16.6. The minimum atomic E-state index is -0.234. The molecule has 0 radical (unpaired) electrons. The fourth-order valence-corrected chi connectivity index (χ4v) is 1.25. The van der Waals surface area contributed by atoms with E-state index in [4.69, 9.17) is 4.84 Å². The van der Waals surface area contributed by atoms with Crippen LogP contribution in [0.4, 0.5) is 5.69 Å². The number of anilines is 1. The summed E-state index contributed by atoms with van der Waals surface area (Å²) in [6.07, 6.45) is 0. The van der Waals surface area contributed by atoms with Gasteiger partial charge in [0.2, 0.25) is 0 Å². The van der Waals surface area contributed by atoms with Crippen LogP contribution < -0.4 is 10.8 Å². The Morgan fingerprint density at radius 1 is 1.31 bits per heavy atom. The van der Waals surface area contributed by atoms with E-state index in [0.717, 1.165) is 5.69 Å². The minimum Gasteiger partial charge on any atom is -0.347 e. The van der Waals surface area contributed by atoms with Gasteiger partial charge in [0.05, 0.1) is 12.8 Å². The van der Waals surface area contributed by atoms with Crippen LogP contribution in [0.25, 0.3) is 0 Å². The Morgan fingerprint density at radius 2 is 2.00 bits per heavy atom. The lowest BCUT2D eigenvalue weighted by Crippen LogP contribution is -2.40. The number of nitrogens with one attached hydrogen (secondary N) is 2. The highest BCUT2D eigenvalue weighted by Gasteiger charge is 2.15. The molecule has 0 saturated carbocycles. The van der Waals surface area contributed by atoms with Crippen molar-refractivity contribution in [2.75, 3.05) is 12.6 Å². The Kier molecular flexibility index (Phi) is 3.90. The molecule has 4 nitrogen and oxygen atoms in total. The predicted molar refractivity (Wildman–Crippen MR) is 64.3 cm³/mol. The zero-order chi connectivity index (χ0) is 12.2. The van der Waals surface area contributed by atoms with Crippen molar-refractivity contribution in [3.8, 4) is 0 Å². The molecule has 0 atom stereocenters. The van der Waals surface area contributed by atoms with E-state index in [1.54, 1.807) is 18.2 Å². The smallest absolute Gasteiger partial charge is 0.251 e. The molecule has 0 aromatic heterocycles. The van der Waals surface area contributed by atoms with Crippen molar-refractivity contribution in [3.63, 3.8) is 0 Å². The molecule has 0 fully saturated rings. The van der Waals surface area contributed by atoms with Gasteiger partial charge in [-0.15, -0.1) is 0 Å². The maximum atomic E-state index is 11.8. The lowest BCUT2D eigenvalue weighted by Gasteiger charge is -2.20. The second-order valence-electron chi connectivity index (χ2n) is 4.59. The summed E-state index contributed by atoms with van der Waals surface area (Å²) >= 11 is 0. The van der Waals surface area contributed by atoms with Crippen LogP contribution in [-0.4, -0.2) is 18.6 Å². The molecule has 0 spiro atoms. The van der Waals surface area contributed by atoms with E-state index in [9.17, 15) is 4.79 Å². The summed E-state index contributed by atoms with van der Waals surface area (Å²) in [5.41, 5.74) is 3.81. The van der Waals surface area contributed by atoms with Crippen LogP contribution in [0.5, 0.6) is 0 Å². The average Bonchev–Trinajstić information content (AvgIpc) is 2.16. The zero-order valence-electron chi connectivity index (χ0n) is 10.1. The van der Waals surface area contributed by atoms with Crippen LogP contribution in [-0.2, 0) is 4.84 Å². The number of hydrogen-bond acceptors (Lipinski definition) is 3. The van der Waals surface area contributed by atoms with Crippen molar-refractivity contribution in [3.05, 3.63) is 29.8 Å². The lowest BCUT2D eigenvalue weighted by atomic mass is 10.1. The molecule has 0 aliphatic heterocycles. The Hall–Kier alpha value is -1.55. The van der Waals surface area contributed by atoms with Crippen molar-refractivity contribution >= 4 is 11.6 Å². The molecule has 1 amide bonds. The number of rotatable bonds is 3. The van der Waals surface area contributed by atoms with Gasteiger partial charge in [0.15, 0.2) is 0 Å². The third-order valence-electron chi connectivity index (χ3n) is 1.83. The van der Waals surface area contributed by atoms with Gasteiger partial charge >= 0.3 is 0 Å². The third-order valence-corrected chi connectivity index (χ3v) is 1.83. The summed E-state index contributed by atoms with van der Waals surface area (Å²) in [5.74, 6) is -0.0905. The zero-order valence-corrected chi connectivity index (χ0v) is 10.1. The molecule has 2 N–H and O–H groups in total. The lowest BCUT2D eigenvalue weighted by molar-refractivity contribution is 0.0919. The second-order valence-corrected chi connectivity index (χ2v) is 4.59. The van der Waals surface area contributed by atoms with Gasteiger partial charge in [-0.3, -0.25) is 15.1 Å². The molecule has 1 aromatic rings. The van der Waals surface area contributed by atoms with Gasteiger partial charge in [0, 0.05) is 11.1 Å². The first-order chi connectivity index (χ1) is 7.42. The molecule has 0 unspecified atom stereocenters. The normalized spacial score (nSPS) is 11.0. The number of carbonyl (C=O) groups is 1. The molecule has 0 aliphatic rings. The van der Waals surface area contributed by atoms with Crippen molar-refractivity contribution in [1.29, 1.82) is 0 Å². The monoisotopic (exact) mass is 222 g/mol. The molecule has 0 aliphatic carbocycles. The van der Waals surface area contributed by atoms with Crippen LogP contribution in [0.1, 0.15) is 31.1 Å². The Bertz CT molecular complexity index is 370. The van der Waals surface area contributed by atoms with Gasteiger partial charge in [0.25, 0.3) is 5.91 Å². The van der Waals surface area contributed by atoms with Crippen LogP contribution in [0.15, 0.2) is 24.3 Å². The largest absolute Gasteiger partial charge is 0.347 e. The number of hydrogen-bond donors (Lipinski definition) is 2. The molecule has 1 aromatic carbocycles. The number of carbonyl (C=O) groups excluding carboxylic acids is 1. The summed E-state index contributed by atoms with van der Waals surface area (Å²) in [7, 11) is 1.53. The Balaban J connectivity index is 2.79. The minimum absolute atomic E-state index is 0.0905. The van der Waals surface area contributed by atoms with Crippen molar-refractivity contribution in [1.82, 2.24) is 5.32 Å². The van der Waals surface area contributed by atoms with Crippen LogP contribution >= 0.6 is 0 Å². The molecule has 88 valence electrons. The molecular formula is C12H18N2O2. The van der Waals surface area contributed by atoms with E-state index in [2.05, 4.69) is 10.8 Å². The fourth-order valence-electron chi connectivity index (χ4n) is 1.25. The first-order valence-electron chi connectivity index (χ1n) is 5.14. The number of benzene rings is 1. The van der Waals surface area contributed by atoms with Gasteiger partial charge in [-0.1, -0.05) is 6.07 Å². The SMILES string of the molecule is CONc1cccc(C(=O)NC(C)(C)C)c1. The maximum absolute atomic E-state index is 11.8. The summed E-state index contributed by atoms with van der Waals surface area (Å²) < 4.78 is 0. The van der Waals surface area contributed by atoms with E-state index in [0.29, 0.717) is 5.56 Å². The molecule has 0 heterocycles. The van der Waals surface area contributed by atoms with Gasteiger partial charge < -0.3 is 5.32 Å². The number of amides is 1. The second kappa shape index (κ2) is 4.99. The molecule has 16 heavy (non-hydrogen) atoms. The van der Waals surface area contributed by atoms with Crippen LogP contribution in [0.3, 0.4) is 0 Å². The van der Waals surface area contributed by atoms with E-state index >= 15 is 0 Å². The van der Waals surface area contributed by atoms with Gasteiger partial charge in [-0.25, -0.2) is 0 Å². The third kappa shape index (κ3) is 3.90. The van der Waals surface area contributed by atoms with Crippen LogP contribution in [0.2, 0.25) is 0 Å². The Labute approximate surface area is 95.9 Å². The molecule has 1 rings (SSSR count). The van der Waals surface area contributed by atoms with Gasteiger partial charge in [0.1, 0.15) is 0 Å². The van der Waals surface area contributed by atoms with E-state index in [-0.39, 0.29) is 11.4 Å². The molecule has 0 saturated heterocycles. The van der Waals surface area contributed by atoms with Crippen molar-refractivity contribution < 1.29 is 9.63 Å². The summed E-state index contributed by atoms with van der Waals surface area (Å²) in [6.45, 7) is 5.84. The highest BCUT2D eigenvalue weighted by Crippen LogP contribution is 2.11. The van der Waals surface area contributed by atoms with Crippen LogP contribution in [0, 0.1) is 0 Å². The molecular weight excluding hydrogens is 204 g/mol. The molecule has 0 bridgehead atoms. The average molecular weight is 222 g/mol. The molecule has 4 heteroatoms. The first kappa shape index (κ1) is 12.5. The van der Waals surface area contributed by atoms with Gasteiger partial charge in [-0.2, -0.15) is 0 Å². The van der Waals surface area contributed by atoms with E-state index in [1.165, 1.54) is 7.11 Å². The van der Waals surface area contributed by atoms with E-state index < -0.39 is 0 Å².